The standard InChI is InChI=1S/C10H23O2PS2/c1-5-10(4)12-13(11,6-2)15-9-8-14-7-3/h10H,5-9H2,1-4H3/t10-,13-/m1/s1. The van der Waals surface area contributed by atoms with E-state index in [9.17, 15) is 4.57 Å². The first-order valence-corrected chi connectivity index (χ1v) is 10.1. The van der Waals surface area contributed by atoms with E-state index in [-0.39, 0.29) is 6.10 Å². The average molecular weight is 270 g/mol. The summed E-state index contributed by atoms with van der Waals surface area (Å²) >= 11 is 3.41. The summed E-state index contributed by atoms with van der Waals surface area (Å²) in [5.41, 5.74) is 0. The summed E-state index contributed by atoms with van der Waals surface area (Å²) in [4.78, 5) is 0. The molecule has 2 nitrogen and oxygen atoms in total. The fourth-order valence-corrected chi connectivity index (χ4v) is 6.03. The number of hydrogen-bond acceptors (Lipinski definition) is 4. The molecular formula is C10H23O2PS2. The molecule has 0 unspecified atom stereocenters. The second kappa shape index (κ2) is 8.98. The van der Waals surface area contributed by atoms with Crippen LogP contribution < -0.4 is 0 Å². The number of rotatable bonds is 9. The van der Waals surface area contributed by atoms with E-state index in [1.54, 1.807) is 0 Å². The molecule has 0 radical (unpaired) electrons. The van der Waals surface area contributed by atoms with Gasteiger partial charge in [-0.05, 0) is 19.1 Å². The van der Waals surface area contributed by atoms with Crippen LogP contribution in [0.1, 0.15) is 34.1 Å². The van der Waals surface area contributed by atoms with Gasteiger partial charge in [0.25, 0.3) is 6.57 Å². The highest BCUT2D eigenvalue weighted by molar-refractivity contribution is 8.56. The second-order valence-electron chi connectivity index (χ2n) is 3.28. The Kier molecular flexibility index (Phi) is 9.51. The lowest BCUT2D eigenvalue weighted by atomic mass is 10.3. The van der Waals surface area contributed by atoms with Gasteiger partial charge in [-0.25, -0.2) is 0 Å². The van der Waals surface area contributed by atoms with Crippen molar-refractivity contribution in [1.29, 1.82) is 0 Å². The van der Waals surface area contributed by atoms with Crippen LogP contribution in [-0.4, -0.2) is 29.5 Å². The zero-order valence-corrected chi connectivity index (χ0v) is 12.7. The maximum atomic E-state index is 12.2. The van der Waals surface area contributed by atoms with Crippen molar-refractivity contribution in [3.8, 4) is 0 Å². The van der Waals surface area contributed by atoms with Crippen molar-refractivity contribution in [3.63, 3.8) is 0 Å². The largest absolute Gasteiger partial charge is 0.318 e. The molecule has 0 aliphatic carbocycles. The first-order chi connectivity index (χ1) is 7.08. The molecule has 0 fully saturated rings. The van der Waals surface area contributed by atoms with Gasteiger partial charge in [0.15, 0.2) is 0 Å². The lowest BCUT2D eigenvalue weighted by Gasteiger charge is -2.20. The molecule has 0 aromatic carbocycles. The van der Waals surface area contributed by atoms with Gasteiger partial charge in [-0.15, -0.1) is 0 Å². The molecule has 0 saturated heterocycles. The van der Waals surface area contributed by atoms with Crippen molar-refractivity contribution in [2.45, 2.75) is 40.2 Å². The van der Waals surface area contributed by atoms with Gasteiger partial charge >= 0.3 is 0 Å². The molecule has 2 atom stereocenters. The third-order valence-electron chi connectivity index (χ3n) is 2.02. The van der Waals surface area contributed by atoms with Crippen molar-refractivity contribution in [3.05, 3.63) is 0 Å². The van der Waals surface area contributed by atoms with E-state index in [4.69, 9.17) is 4.52 Å². The maximum absolute atomic E-state index is 12.2. The molecule has 0 bridgehead atoms. The predicted octanol–water partition coefficient (Wildman–Crippen LogP) is 4.50. The van der Waals surface area contributed by atoms with Crippen molar-refractivity contribution in [2.24, 2.45) is 0 Å². The molecule has 92 valence electrons. The fourth-order valence-electron chi connectivity index (χ4n) is 0.925. The second-order valence-corrected chi connectivity index (χ2v) is 9.85. The van der Waals surface area contributed by atoms with Crippen LogP contribution in [-0.2, 0) is 9.09 Å². The zero-order chi connectivity index (χ0) is 11.7. The fraction of sp³-hybridized carbons (Fsp3) is 1.00. The van der Waals surface area contributed by atoms with E-state index in [1.807, 2.05) is 25.6 Å². The minimum Gasteiger partial charge on any atom is -0.318 e. The summed E-state index contributed by atoms with van der Waals surface area (Å²) in [6, 6.07) is 0. The van der Waals surface area contributed by atoms with Gasteiger partial charge in [-0.1, -0.05) is 32.2 Å². The summed E-state index contributed by atoms with van der Waals surface area (Å²) < 4.78 is 17.9. The molecule has 0 amide bonds. The highest BCUT2D eigenvalue weighted by Crippen LogP contribution is 2.60. The van der Waals surface area contributed by atoms with Crippen LogP contribution in [0.15, 0.2) is 0 Å². The lowest BCUT2D eigenvalue weighted by Crippen LogP contribution is -2.04. The van der Waals surface area contributed by atoms with Crippen LogP contribution in [0.5, 0.6) is 0 Å². The van der Waals surface area contributed by atoms with Crippen LogP contribution in [0.2, 0.25) is 0 Å². The Morgan fingerprint density at radius 2 is 1.93 bits per heavy atom. The normalized spacial score (nSPS) is 17.3. The molecular weight excluding hydrogens is 247 g/mol. The van der Waals surface area contributed by atoms with Crippen molar-refractivity contribution >= 4 is 29.7 Å². The maximum Gasteiger partial charge on any atom is 0.257 e. The monoisotopic (exact) mass is 270 g/mol. The Labute approximate surface area is 103 Å². The topological polar surface area (TPSA) is 26.3 Å². The first-order valence-electron chi connectivity index (χ1n) is 5.57. The van der Waals surface area contributed by atoms with Crippen molar-refractivity contribution < 1.29 is 9.09 Å². The summed E-state index contributed by atoms with van der Waals surface area (Å²) in [5.74, 6) is 3.12. The zero-order valence-electron chi connectivity index (χ0n) is 10.2. The third kappa shape index (κ3) is 7.73. The summed E-state index contributed by atoms with van der Waals surface area (Å²) in [5, 5.41) is 0. The summed E-state index contributed by atoms with van der Waals surface area (Å²) in [7, 11) is 0. The molecule has 0 aromatic rings. The van der Waals surface area contributed by atoms with Crippen LogP contribution in [0.3, 0.4) is 0 Å². The molecule has 0 N–H and O–H groups in total. The molecule has 0 spiro atoms. The van der Waals surface area contributed by atoms with Crippen molar-refractivity contribution in [1.82, 2.24) is 0 Å². The average Bonchev–Trinajstić information content (AvgIpc) is 2.24. The van der Waals surface area contributed by atoms with Crippen LogP contribution in [0, 0.1) is 0 Å². The molecule has 0 saturated carbocycles. The molecule has 0 aliphatic heterocycles. The molecule has 0 rings (SSSR count). The molecule has 0 aliphatic rings. The van der Waals surface area contributed by atoms with Gasteiger partial charge in [-0.3, -0.25) is 4.57 Å². The minimum absolute atomic E-state index is 0.113. The molecule has 0 heterocycles. The summed E-state index contributed by atoms with van der Waals surface area (Å²) in [6.07, 6.45) is 1.68. The third-order valence-corrected chi connectivity index (χ3v) is 8.18. The molecule has 5 heteroatoms. The smallest absolute Gasteiger partial charge is 0.257 e. The van der Waals surface area contributed by atoms with Gasteiger partial charge in [0.2, 0.25) is 0 Å². The van der Waals surface area contributed by atoms with E-state index < -0.39 is 6.57 Å². The van der Waals surface area contributed by atoms with E-state index >= 15 is 0 Å². The van der Waals surface area contributed by atoms with Crippen LogP contribution in [0.25, 0.3) is 0 Å². The van der Waals surface area contributed by atoms with E-state index in [2.05, 4.69) is 13.8 Å². The molecule has 15 heavy (non-hydrogen) atoms. The SMILES string of the molecule is CCSCCS[P@@](=O)(CC)O[C@H](C)CC. The number of hydrogen-bond donors (Lipinski definition) is 0. The van der Waals surface area contributed by atoms with Crippen molar-refractivity contribution in [2.75, 3.05) is 23.4 Å². The van der Waals surface area contributed by atoms with Gasteiger partial charge in [0.05, 0.1) is 6.10 Å². The highest BCUT2D eigenvalue weighted by atomic mass is 32.7. The van der Waals surface area contributed by atoms with E-state index in [1.165, 1.54) is 11.4 Å². The Morgan fingerprint density at radius 1 is 1.27 bits per heavy atom. The summed E-state index contributed by atoms with van der Waals surface area (Å²) in [6.45, 7) is 5.73. The number of thioether (sulfide) groups is 1. The predicted molar refractivity (Wildman–Crippen MR) is 74.4 cm³/mol. The minimum atomic E-state index is -2.41. The van der Waals surface area contributed by atoms with E-state index in [0.29, 0.717) is 6.16 Å². The Morgan fingerprint density at radius 3 is 2.40 bits per heavy atom. The highest BCUT2D eigenvalue weighted by Gasteiger charge is 2.23. The molecule has 0 aromatic heterocycles. The van der Waals surface area contributed by atoms with E-state index in [0.717, 1.165) is 23.7 Å². The van der Waals surface area contributed by atoms with Gasteiger partial charge in [-0.2, -0.15) is 11.8 Å². The van der Waals surface area contributed by atoms with Gasteiger partial charge in [0.1, 0.15) is 0 Å². The lowest BCUT2D eigenvalue weighted by molar-refractivity contribution is 0.228. The Balaban J connectivity index is 3.91. The van der Waals surface area contributed by atoms with Crippen LogP contribution in [0.4, 0.5) is 0 Å². The van der Waals surface area contributed by atoms with Crippen LogP contribution >= 0.6 is 29.7 Å². The van der Waals surface area contributed by atoms with Gasteiger partial charge in [0, 0.05) is 17.7 Å². The quantitative estimate of drug-likeness (QED) is 0.455. The van der Waals surface area contributed by atoms with Gasteiger partial charge < -0.3 is 4.52 Å². The Hall–Kier alpha value is 0.890. The Bertz CT molecular complexity index is 200. The first kappa shape index (κ1) is 15.9.